The Kier molecular flexibility index (Phi) is 3.98. The Bertz CT molecular complexity index is 663. The van der Waals surface area contributed by atoms with Gasteiger partial charge in [0.05, 0.1) is 18.2 Å². The normalized spacial score (nSPS) is 18.3. The summed E-state index contributed by atoms with van der Waals surface area (Å²) in [6, 6.07) is 5.09. The molecule has 0 aliphatic heterocycles. The fourth-order valence-corrected chi connectivity index (χ4v) is 3.07. The molecule has 2 aromatic rings. The number of carbonyl (C=O) groups is 1. The first kappa shape index (κ1) is 14.8. The quantitative estimate of drug-likeness (QED) is 0.796. The zero-order chi connectivity index (χ0) is 15.6. The molecule has 1 unspecified atom stereocenters. The molecule has 118 valence electrons. The SMILES string of the molecule is CC(NC(=O)NC1(CO)CCCC1)c1nnc2ccccn12. The summed E-state index contributed by atoms with van der Waals surface area (Å²) in [4.78, 5) is 12.2. The van der Waals surface area contributed by atoms with Crippen LogP contribution in [-0.2, 0) is 0 Å². The number of nitrogens with zero attached hydrogens (tertiary/aromatic N) is 3. The van der Waals surface area contributed by atoms with Crippen LogP contribution in [0.4, 0.5) is 4.79 Å². The standard InChI is InChI=1S/C15H21N5O2/c1-11(13-19-18-12-6-2-5-9-20(12)13)16-14(22)17-15(10-21)7-3-4-8-15/h2,5-6,9,11,21H,3-4,7-8,10H2,1H3,(H2,16,17,22). The van der Waals surface area contributed by atoms with Crippen molar-refractivity contribution in [2.24, 2.45) is 0 Å². The number of carbonyl (C=O) groups excluding carboxylic acids is 1. The number of aliphatic hydroxyl groups excluding tert-OH is 1. The largest absolute Gasteiger partial charge is 0.394 e. The van der Waals surface area contributed by atoms with Gasteiger partial charge in [-0.2, -0.15) is 0 Å². The van der Waals surface area contributed by atoms with Crippen LogP contribution in [-0.4, -0.2) is 37.9 Å². The number of aliphatic hydroxyl groups is 1. The maximum atomic E-state index is 12.2. The lowest BCUT2D eigenvalue weighted by atomic mass is 9.99. The predicted octanol–water partition coefficient (Wildman–Crippen LogP) is 1.39. The summed E-state index contributed by atoms with van der Waals surface area (Å²) in [5.74, 6) is 0.676. The first-order valence-electron chi connectivity index (χ1n) is 7.63. The van der Waals surface area contributed by atoms with E-state index in [1.54, 1.807) is 0 Å². The van der Waals surface area contributed by atoms with E-state index in [1.165, 1.54) is 0 Å². The van der Waals surface area contributed by atoms with Gasteiger partial charge >= 0.3 is 6.03 Å². The Hall–Kier alpha value is -2.15. The number of hydrogen-bond acceptors (Lipinski definition) is 4. The molecule has 2 heterocycles. The van der Waals surface area contributed by atoms with Gasteiger partial charge in [0.25, 0.3) is 0 Å². The van der Waals surface area contributed by atoms with E-state index in [2.05, 4.69) is 20.8 Å². The molecule has 1 atom stereocenters. The molecular formula is C15H21N5O2. The highest BCUT2D eigenvalue weighted by molar-refractivity contribution is 5.75. The van der Waals surface area contributed by atoms with E-state index in [0.717, 1.165) is 31.3 Å². The third kappa shape index (κ3) is 2.76. The number of rotatable bonds is 4. The average Bonchev–Trinajstić information content (AvgIpc) is 3.14. The van der Waals surface area contributed by atoms with E-state index in [1.807, 2.05) is 35.7 Å². The van der Waals surface area contributed by atoms with Crippen LogP contribution in [0.1, 0.15) is 44.5 Å². The molecular weight excluding hydrogens is 282 g/mol. The number of hydrogen-bond donors (Lipinski definition) is 3. The van der Waals surface area contributed by atoms with Crippen molar-refractivity contribution >= 4 is 11.7 Å². The number of pyridine rings is 1. The highest BCUT2D eigenvalue weighted by atomic mass is 16.3. The fourth-order valence-electron chi connectivity index (χ4n) is 3.07. The average molecular weight is 303 g/mol. The molecule has 0 aromatic carbocycles. The lowest BCUT2D eigenvalue weighted by molar-refractivity contribution is 0.161. The Morgan fingerprint density at radius 1 is 1.41 bits per heavy atom. The van der Waals surface area contributed by atoms with Gasteiger partial charge in [0, 0.05) is 6.20 Å². The smallest absolute Gasteiger partial charge is 0.315 e. The second-order valence-corrected chi connectivity index (χ2v) is 5.95. The number of fused-ring (bicyclic) bond motifs is 1. The first-order valence-corrected chi connectivity index (χ1v) is 7.63. The van der Waals surface area contributed by atoms with Gasteiger partial charge in [-0.05, 0) is 31.9 Å². The summed E-state index contributed by atoms with van der Waals surface area (Å²) in [6.45, 7) is 1.84. The number of amides is 2. The van der Waals surface area contributed by atoms with Gasteiger partial charge in [-0.3, -0.25) is 4.40 Å². The zero-order valence-electron chi connectivity index (χ0n) is 12.6. The molecule has 0 spiro atoms. The molecule has 7 heteroatoms. The van der Waals surface area contributed by atoms with Gasteiger partial charge in [-0.25, -0.2) is 4.79 Å². The monoisotopic (exact) mass is 303 g/mol. The van der Waals surface area contributed by atoms with Gasteiger partial charge in [-0.15, -0.1) is 10.2 Å². The van der Waals surface area contributed by atoms with Gasteiger partial charge in [0.1, 0.15) is 0 Å². The maximum absolute atomic E-state index is 12.2. The van der Waals surface area contributed by atoms with Crippen molar-refractivity contribution in [3.05, 3.63) is 30.2 Å². The van der Waals surface area contributed by atoms with Crippen LogP contribution in [0.15, 0.2) is 24.4 Å². The van der Waals surface area contributed by atoms with Crippen LogP contribution in [0.5, 0.6) is 0 Å². The minimum absolute atomic E-state index is 0.0251. The highest BCUT2D eigenvalue weighted by Crippen LogP contribution is 2.29. The molecule has 3 N–H and O–H groups in total. The van der Waals surface area contributed by atoms with Gasteiger partial charge in [0.2, 0.25) is 0 Å². The van der Waals surface area contributed by atoms with E-state index in [4.69, 9.17) is 0 Å². The van der Waals surface area contributed by atoms with E-state index in [-0.39, 0.29) is 18.7 Å². The van der Waals surface area contributed by atoms with Crippen molar-refractivity contribution in [3.63, 3.8) is 0 Å². The van der Waals surface area contributed by atoms with Crippen molar-refractivity contribution in [2.75, 3.05) is 6.61 Å². The molecule has 2 aromatic heterocycles. The molecule has 0 radical (unpaired) electrons. The minimum atomic E-state index is -0.475. The summed E-state index contributed by atoms with van der Waals surface area (Å²) >= 11 is 0. The van der Waals surface area contributed by atoms with Crippen molar-refractivity contribution in [1.29, 1.82) is 0 Å². The Morgan fingerprint density at radius 3 is 2.91 bits per heavy atom. The fraction of sp³-hybridized carbons (Fsp3) is 0.533. The van der Waals surface area contributed by atoms with Gasteiger partial charge in [0.15, 0.2) is 11.5 Å². The van der Waals surface area contributed by atoms with E-state index in [9.17, 15) is 9.90 Å². The van der Waals surface area contributed by atoms with E-state index in [0.29, 0.717) is 5.82 Å². The summed E-state index contributed by atoms with van der Waals surface area (Å²) < 4.78 is 1.85. The van der Waals surface area contributed by atoms with Crippen LogP contribution in [0.3, 0.4) is 0 Å². The molecule has 7 nitrogen and oxygen atoms in total. The second-order valence-electron chi connectivity index (χ2n) is 5.95. The number of aromatic nitrogens is 3. The molecule has 3 rings (SSSR count). The van der Waals surface area contributed by atoms with Gasteiger partial charge < -0.3 is 15.7 Å². The number of urea groups is 1. The van der Waals surface area contributed by atoms with Crippen molar-refractivity contribution in [2.45, 2.75) is 44.2 Å². The molecule has 22 heavy (non-hydrogen) atoms. The lowest BCUT2D eigenvalue weighted by Gasteiger charge is -2.28. The summed E-state index contributed by atoms with van der Waals surface area (Å²) in [7, 11) is 0. The van der Waals surface area contributed by atoms with Crippen LogP contribution in [0.2, 0.25) is 0 Å². The predicted molar refractivity (Wildman–Crippen MR) is 81.4 cm³/mol. The minimum Gasteiger partial charge on any atom is -0.394 e. The second kappa shape index (κ2) is 5.92. The molecule has 1 aliphatic rings. The third-order valence-corrected chi connectivity index (χ3v) is 4.32. The Morgan fingerprint density at radius 2 is 2.18 bits per heavy atom. The topological polar surface area (TPSA) is 91.5 Å². The van der Waals surface area contributed by atoms with Crippen LogP contribution in [0.25, 0.3) is 5.65 Å². The van der Waals surface area contributed by atoms with Crippen LogP contribution >= 0.6 is 0 Å². The van der Waals surface area contributed by atoms with Crippen molar-refractivity contribution < 1.29 is 9.90 Å². The molecule has 0 saturated heterocycles. The molecule has 2 amide bonds. The molecule has 1 fully saturated rings. The lowest BCUT2D eigenvalue weighted by Crippen LogP contribution is -2.53. The van der Waals surface area contributed by atoms with Crippen LogP contribution in [0, 0.1) is 0 Å². The highest BCUT2D eigenvalue weighted by Gasteiger charge is 2.35. The maximum Gasteiger partial charge on any atom is 0.315 e. The molecule has 1 aliphatic carbocycles. The van der Waals surface area contributed by atoms with Crippen molar-refractivity contribution in [3.8, 4) is 0 Å². The summed E-state index contributed by atoms with van der Waals surface area (Å²) in [5, 5.41) is 23.6. The Balaban J connectivity index is 1.68. The Labute approximate surface area is 128 Å². The zero-order valence-corrected chi connectivity index (χ0v) is 12.6. The van der Waals surface area contributed by atoms with E-state index >= 15 is 0 Å². The number of nitrogens with one attached hydrogen (secondary N) is 2. The molecule has 0 bridgehead atoms. The van der Waals surface area contributed by atoms with Gasteiger partial charge in [-0.1, -0.05) is 18.9 Å². The van der Waals surface area contributed by atoms with Crippen molar-refractivity contribution in [1.82, 2.24) is 25.2 Å². The summed E-state index contributed by atoms with van der Waals surface area (Å²) in [6.07, 6.45) is 5.57. The van der Waals surface area contributed by atoms with Crippen LogP contribution < -0.4 is 10.6 Å². The summed E-state index contributed by atoms with van der Waals surface area (Å²) in [5.41, 5.74) is 0.269. The van der Waals surface area contributed by atoms with E-state index < -0.39 is 5.54 Å². The molecule has 1 saturated carbocycles. The first-order chi connectivity index (χ1) is 10.6. The third-order valence-electron chi connectivity index (χ3n) is 4.32.